The molecule has 0 unspecified atom stereocenters. The zero-order chi connectivity index (χ0) is 18.3. The van der Waals surface area contributed by atoms with Gasteiger partial charge in [-0.1, -0.05) is 40.9 Å². The van der Waals surface area contributed by atoms with Gasteiger partial charge < -0.3 is 0 Å². The van der Waals surface area contributed by atoms with E-state index in [0.29, 0.717) is 20.6 Å². The van der Waals surface area contributed by atoms with Crippen LogP contribution in [0.3, 0.4) is 0 Å². The fourth-order valence-corrected chi connectivity index (χ4v) is 3.82. The highest BCUT2D eigenvalue weighted by Gasteiger charge is 2.16. The van der Waals surface area contributed by atoms with Crippen LogP contribution in [-0.4, -0.2) is 20.5 Å². The largest absolute Gasteiger partial charge is 0.289 e. The van der Waals surface area contributed by atoms with Crippen LogP contribution in [0.2, 0.25) is 10.0 Å². The first kappa shape index (κ1) is 17.0. The molecule has 0 atom stereocenters. The minimum absolute atomic E-state index is 0.244. The Morgan fingerprint density at radius 2 is 1.92 bits per heavy atom. The van der Waals surface area contributed by atoms with E-state index in [1.165, 1.54) is 11.3 Å². The number of fused-ring (bicyclic) bond motifs is 1. The van der Waals surface area contributed by atoms with Crippen LogP contribution in [0.4, 0.5) is 5.95 Å². The Morgan fingerprint density at radius 3 is 2.65 bits per heavy atom. The molecule has 2 heterocycles. The number of nitrogens with zero attached hydrogens (tertiary/aromatic N) is 3. The molecule has 4 aromatic rings. The van der Waals surface area contributed by atoms with Crippen molar-refractivity contribution in [2.24, 2.45) is 0 Å². The Hall–Kier alpha value is -2.41. The molecule has 1 N–H and O–H groups in total. The van der Waals surface area contributed by atoms with Gasteiger partial charge in [-0.3, -0.25) is 10.1 Å². The summed E-state index contributed by atoms with van der Waals surface area (Å²) in [7, 11) is 0. The van der Waals surface area contributed by atoms with Crippen LogP contribution in [0.5, 0.6) is 0 Å². The van der Waals surface area contributed by atoms with E-state index in [2.05, 4.69) is 15.4 Å². The lowest BCUT2D eigenvalue weighted by Crippen LogP contribution is -2.13. The number of aromatic nitrogens is 3. The third-order valence-electron chi connectivity index (χ3n) is 3.83. The van der Waals surface area contributed by atoms with Crippen LogP contribution >= 0.6 is 34.5 Å². The molecule has 0 saturated carbocycles. The fourth-order valence-electron chi connectivity index (χ4n) is 2.50. The number of aryl methyl sites for hydroxylation is 1. The molecular formula is C18H12Cl2N4OS. The topological polar surface area (TPSA) is 59.3 Å². The van der Waals surface area contributed by atoms with Crippen molar-refractivity contribution in [2.45, 2.75) is 6.92 Å². The summed E-state index contributed by atoms with van der Waals surface area (Å²) >= 11 is 13.7. The van der Waals surface area contributed by atoms with Crippen molar-refractivity contribution in [1.29, 1.82) is 0 Å². The van der Waals surface area contributed by atoms with Gasteiger partial charge in [-0.05, 0) is 37.3 Å². The predicted octanol–water partition coefficient (Wildman–Crippen LogP) is 5.33. The summed E-state index contributed by atoms with van der Waals surface area (Å²) in [6, 6.07) is 12.6. The molecule has 2 aromatic heterocycles. The molecule has 1 amide bonds. The van der Waals surface area contributed by atoms with Gasteiger partial charge >= 0.3 is 0 Å². The molecule has 8 heteroatoms. The number of carbonyl (C=O) groups is 1. The minimum atomic E-state index is -0.255. The number of anilines is 1. The smallest absolute Gasteiger partial charge is 0.258 e. The Kier molecular flexibility index (Phi) is 4.40. The first-order valence-corrected chi connectivity index (χ1v) is 9.32. The van der Waals surface area contributed by atoms with Gasteiger partial charge in [0.25, 0.3) is 11.9 Å². The fraction of sp³-hybridized carbons (Fsp3) is 0.0556. The van der Waals surface area contributed by atoms with Gasteiger partial charge in [0.1, 0.15) is 0 Å². The van der Waals surface area contributed by atoms with Crippen LogP contribution in [0.25, 0.3) is 16.2 Å². The summed E-state index contributed by atoms with van der Waals surface area (Å²) in [4.78, 5) is 17.4. The molecule has 0 spiro atoms. The molecule has 130 valence electrons. The maximum atomic E-state index is 12.3. The van der Waals surface area contributed by atoms with Gasteiger partial charge in [0.2, 0.25) is 4.96 Å². The number of rotatable bonds is 3. The summed E-state index contributed by atoms with van der Waals surface area (Å²) in [5, 5.41) is 10.1. The molecule has 5 nitrogen and oxygen atoms in total. The van der Waals surface area contributed by atoms with Gasteiger partial charge in [-0.2, -0.15) is 4.98 Å². The van der Waals surface area contributed by atoms with Gasteiger partial charge in [0.05, 0.1) is 10.7 Å². The lowest BCUT2D eigenvalue weighted by molar-refractivity contribution is 0.102. The van der Waals surface area contributed by atoms with Crippen molar-refractivity contribution in [3.63, 3.8) is 0 Å². The number of amides is 1. The standard InChI is InChI=1S/C18H12Cl2N4OS/c1-10-2-4-11(5-3-10)16(25)21-17-22-18-24(23-17)15(9-26-18)13-7-6-12(19)8-14(13)20/h2-9H,1H3,(H,21,23,25). The van der Waals surface area contributed by atoms with Gasteiger partial charge in [0, 0.05) is 21.5 Å². The van der Waals surface area contributed by atoms with Crippen LogP contribution in [-0.2, 0) is 0 Å². The molecule has 0 saturated heterocycles. The molecular weight excluding hydrogens is 391 g/mol. The SMILES string of the molecule is Cc1ccc(C(=O)Nc2nc3scc(-c4ccc(Cl)cc4Cl)n3n2)cc1. The van der Waals surface area contributed by atoms with Crippen LogP contribution < -0.4 is 5.32 Å². The van der Waals surface area contributed by atoms with Crippen molar-refractivity contribution in [1.82, 2.24) is 14.6 Å². The van der Waals surface area contributed by atoms with E-state index in [9.17, 15) is 4.79 Å². The number of nitrogens with one attached hydrogen (secondary N) is 1. The molecule has 0 aliphatic carbocycles. The summed E-state index contributed by atoms with van der Waals surface area (Å²) < 4.78 is 1.66. The van der Waals surface area contributed by atoms with E-state index in [-0.39, 0.29) is 11.9 Å². The Balaban J connectivity index is 1.65. The Morgan fingerprint density at radius 1 is 1.15 bits per heavy atom. The zero-order valence-corrected chi connectivity index (χ0v) is 15.9. The van der Waals surface area contributed by atoms with Gasteiger partial charge in [-0.25, -0.2) is 4.52 Å². The third-order valence-corrected chi connectivity index (χ3v) is 5.19. The molecule has 26 heavy (non-hydrogen) atoms. The van der Waals surface area contributed by atoms with Gasteiger partial charge in [0.15, 0.2) is 0 Å². The molecule has 4 rings (SSSR count). The van der Waals surface area contributed by atoms with E-state index in [1.54, 1.807) is 28.8 Å². The summed E-state index contributed by atoms with van der Waals surface area (Å²) in [6.45, 7) is 1.97. The highest BCUT2D eigenvalue weighted by molar-refractivity contribution is 7.15. The zero-order valence-electron chi connectivity index (χ0n) is 13.5. The first-order chi connectivity index (χ1) is 12.5. The monoisotopic (exact) mass is 402 g/mol. The van der Waals surface area contributed by atoms with Crippen molar-refractivity contribution in [3.8, 4) is 11.3 Å². The van der Waals surface area contributed by atoms with E-state index in [4.69, 9.17) is 23.2 Å². The maximum absolute atomic E-state index is 12.3. The molecule has 2 aromatic carbocycles. The number of hydrogen-bond donors (Lipinski definition) is 1. The van der Waals surface area contributed by atoms with Gasteiger partial charge in [-0.15, -0.1) is 16.4 Å². The van der Waals surface area contributed by atoms with E-state index >= 15 is 0 Å². The van der Waals surface area contributed by atoms with Crippen LogP contribution in [0.1, 0.15) is 15.9 Å². The summed E-state index contributed by atoms with van der Waals surface area (Å²) in [5.41, 5.74) is 3.22. The second-order valence-electron chi connectivity index (χ2n) is 5.70. The predicted molar refractivity (Wildman–Crippen MR) is 105 cm³/mol. The van der Waals surface area contributed by atoms with Crippen LogP contribution in [0.15, 0.2) is 47.8 Å². The summed E-state index contributed by atoms with van der Waals surface area (Å²) in [5.74, 6) is -0.0110. The van der Waals surface area contributed by atoms with Crippen LogP contribution in [0, 0.1) is 6.92 Å². The Bertz CT molecular complexity index is 1120. The molecule has 0 aliphatic heterocycles. The number of halogens is 2. The van der Waals surface area contributed by atoms with E-state index in [1.807, 2.05) is 30.5 Å². The number of benzene rings is 2. The van der Waals surface area contributed by atoms with Crippen molar-refractivity contribution >= 4 is 51.4 Å². The number of hydrogen-bond acceptors (Lipinski definition) is 4. The number of carbonyl (C=O) groups excluding carboxylic acids is 1. The second kappa shape index (κ2) is 6.72. The minimum Gasteiger partial charge on any atom is -0.289 e. The second-order valence-corrected chi connectivity index (χ2v) is 7.38. The van der Waals surface area contributed by atoms with Crippen molar-refractivity contribution in [2.75, 3.05) is 5.32 Å². The highest BCUT2D eigenvalue weighted by atomic mass is 35.5. The first-order valence-electron chi connectivity index (χ1n) is 7.69. The molecule has 0 fully saturated rings. The average molecular weight is 403 g/mol. The third kappa shape index (κ3) is 3.19. The number of thiazole rings is 1. The lowest BCUT2D eigenvalue weighted by atomic mass is 10.1. The van der Waals surface area contributed by atoms with E-state index in [0.717, 1.165) is 16.8 Å². The molecule has 0 bridgehead atoms. The van der Waals surface area contributed by atoms with E-state index < -0.39 is 0 Å². The lowest BCUT2D eigenvalue weighted by Gasteiger charge is -2.03. The average Bonchev–Trinajstić information content (AvgIpc) is 3.16. The maximum Gasteiger partial charge on any atom is 0.258 e. The summed E-state index contributed by atoms with van der Waals surface area (Å²) in [6.07, 6.45) is 0. The Labute approximate surface area is 163 Å². The van der Waals surface area contributed by atoms with Crippen molar-refractivity contribution < 1.29 is 4.79 Å². The normalized spacial score (nSPS) is 11.0. The quantitative estimate of drug-likeness (QED) is 0.503. The molecule has 0 radical (unpaired) electrons. The molecule has 0 aliphatic rings. The highest BCUT2D eigenvalue weighted by Crippen LogP contribution is 2.33. The van der Waals surface area contributed by atoms with Crippen molar-refractivity contribution in [3.05, 3.63) is 69.0 Å².